The molecule has 624 valence electrons. The smallest absolute Gasteiger partial charge is 0.328 e. The Hall–Kier alpha value is -9.21. The number of ether oxygens (including phenoxy) is 1. The molecule has 3 heterocycles. The Balaban J connectivity index is 1.82. The fourth-order valence-corrected chi connectivity index (χ4v) is 13.0. The molecule has 0 unspecified atom stereocenters. The molecule has 0 spiro atoms. The fourth-order valence-electron chi connectivity index (χ4n) is 13.0. The highest BCUT2D eigenvalue weighted by atomic mass is 16.5. The van der Waals surface area contributed by atoms with Crippen molar-refractivity contribution in [2.24, 2.45) is 11.7 Å². The van der Waals surface area contributed by atoms with Crippen molar-refractivity contribution in [2.75, 3.05) is 26.2 Å². The Labute approximate surface area is 645 Å². The van der Waals surface area contributed by atoms with Gasteiger partial charge in [0.15, 0.2) is 0 Å². The molecule has 0 aromatic heterocycles. The zero-order valence-corrected chi connectivity index (χ0v) is 64.7. The number of benzene rings is 1. The topological polar surface area (TPSA) is 592 Å². The van der Waals surface area contributed by atoms with Crippen molar-refractivity contribution in [2.45, 2.75) is 300 Å². The van der Waals surface area contributed by atoms with E-state index in [-0.39, 0.29) is 44.4 Å². The minimum absolute atomic E-state index is 0.00139. The largest absolute Gasteiger partial charge is 0.508 e. The molecule has 3 aliphatic rings. The highest BCUT2D eigenvalue weighted by Crippen LogP contribution is 2.25. The lowest BCUT2D eigenvalue weighted by molar-refractivity contribution is -0.155. The molecule has 0 radical (unpaired) electrons. The molecule has 111 heavy (non-hydrogen) atoms. The second-order valence-electron chi connectivity index (χ2n) is 29.4. The van der Waals surface area contributed by atoms with Gasteiger partial charge in [-0.3, -0.25) is 67.1 Å². The number of carbonyl (C=O) groups excluding carboxylic acids is 15. The molecule has 38 nitrogen and oxygen atoms in total. The number of fused-ring (bicyclic) bond motifs is 2. The Morgan fingerprint density at radius 3 is 1.62 bits per heavy atom. The number of aromatic hydroxyl groups is 1. The Kier molecular flexibility index (Phi) is 39.5. The van der Waals surface area contributed by atoms with Crippen LogP contribution in [0, 0.1) is 5.92 Å². The third-order valence-corrected chi connectivity index (χ3v) is 19.3. The highest BCUT2D eigenvalue weighted by molar-refractivity contribution is 6.00. The monoisotopic (exact) mass is 1570 g/mol. The van der Waals surface area contributed by atoms with Gasteiger partial charge in [-0.1, -0.05) is 97.1 Å². The zero-order valence-electron chi connectivity index (χ0n) is 64.7. The van der Waals surface area contributed by atoms with Gasteiger partial charge in [-0.25, -0.2) is 4.79 Å². The Morgan fingerprint density at radius 2 is 1.06 bits per heavy atom. The zero-order chi connectivity index (χ0) is 83.1. The summed E-state index contributed by atoms with van der Waals surface area (Å²) in [4.78, 5) is 211. The second-order valence-corrected chi connectivity index (χ2v) is 29.4. The van der Waals surface area contributed by atoms with E-state index in [2.05, 4.69) is 65.4 Å². The number of nitrogens with two attached hydrogens (primary N) is 1. The van der Waals surface area contributed by atoms with Gasteiger partial charge in [-0.15, -0.1) is 0 Å². The van der Waals surface area contributed by atoms with E-state index in [1.165, 1.54) is 52.0 Å². The number of aliphatic hydroxyl groups is 7. The van der Waals surface area contributed by atoms with E-state index in [4.69, 9.17) is 10.5 Å². The van der Waals surface area contributed by atoms with Gasteiger partial charge < -0.3 is 120 Å². The molecule has 0 aliphatic carbocycles. The molecule has 3 saturated heterocycles. The summed E-state index contributed by atoms with van der Waals surface area (Å²) in [5, 5.41) is 114. The summed E-state index contributed by atoms with van der Waals surface area (Å²) in [5.41, 5.74) is 5.70. The van der Waals surface area contributed by atoms with Crippen molar-refractivity contribution < 1.29 is 118 Å². The second kappa shape index (κ2) is 46.6. The molecular formula is C73H118N14O24. The van der Waals surface area contributed by atoms with Crippen LogP contribution in [0.25, 0.3) is 0 Å². The molecule has 38 heteroatoms. The lowest BCUT2D eigenvalue weighted by Crippen LogP contribution is -2.64. The molecule has 3 aliphatic heterocycles. The highest BCUT2D eigenvalue weighted by Gasteiger charge is 2.48. The fraction of sp³-hybridized carbons (Fsp3) is 0.712. The average molecular weight is 1580 g/mol. The number of phenols is 1. The van der Waals surface area contributed by atoms with Crippen molar-refractivity contribution in [1.82, 2.24) is 68.3 Å². The maximum Gasteiger partial charge on any atom is 0.328 e. The molecule has 0 bridgehead atoms. The third kappa shape index (κ3) is 30.8. The van der Waals surface area contributed by atoms with Crippen LogP contribution in [0.1, 0.15) is 183 Å². The number of carbonyl (C=O) groups is 15. The number of esters is 1. The molecule has 14 amide bonds. The molecule has 1 aromatic rings. The van der Waals surface area contributed by atoms with Gasteiger partial charge in [0, 0.05) is 39.4 Å². The Bertz CT molecular complexity index is 3330. The first-order valence-electron chi connectivity index (χ1n) is 38.1. The van der Waals surface area contributed by atoms with E-state index in [1.807, 2.05) is 0 Å². The van der Waals surface area contributed by atoms with E-state index < -0.39 is 249 Å². The van der Waals surface area contributed by atoms with E-state index in [0.29, 0.717) is 23.3 Å². The van der Waals surface area contributed by atoms with Gasteiger partial charge in [0.25, 0.3) is 0 Å². The first kappa shape index (κ1) is 94.2. The third-order valence-electron chi connectivity index (χ3n) is 19.3. The summed E-state index contributed by atoms with van der Waals surface area (Å²) < 4.78 is 5.98. The van der Waals surface area contributed by atoms with Crippen LogP contribution >= 0.6 is 0 Å². The van der Waals surface area contributed by atoms with Crippen molar-refractivity contribution in [3.05, 3.63) is 29.8 Å². The van der Waals surface area contributed by atoms with Crippen molar-refractivity contribution in [3.8, 4) is 5.75 Å². The number of nitrogens with one attached hydrogen (secondary N) is 11. The quantitative estimate of drug-likeness (QED) is 0.0304. The standard InChI is InChI=1S/C73H118N14O24/c1-10-11-12-13-14-15-16-17-18-19-20-22-47-33-54(98)80-57(39(5)88)67(104)77-38(4)63(100)79-49(31-44-24-26-45(93)27-25-44)64(101)82-56(37(2)3)71(108)87-36-46(94)32-50(87)65(102)83-59(41(7)90)69(106)84-60(42(8)91)72(109)86-30-28-51(95)62(86)70(107)85-61(52(96)34-53(74)97)66(103)76-35-55(99)81-58(40(6)89)68(105)78-48(73(110)111-47)23-21-29-75-43(9)92/h24-27,37-42,46-52,56-62,88-91,93-96H,10-23,28-36H2,1-9H3,(H2,74,97)(H,75,92)(H,76,103)(H,77,104)(H,78,105)(H,79,100)(H,80,98)(H,81,99)(H,82,101)(H,83,102)(H,84,106)(H,85,107)/t38-,39-,40-,41-,42-,46-,47-,48+,49+,50+,51+,52-,56+,57-,58-,59-,60+,61+,62+/m1/s1. The van der Waals surface area contributed by atoms with Crippen molar-refractivity contribution in [3.63, 3.8) is 0 Å². The molecule has 1 aromatic carbocycles. The number of amides is 14. The van der Waals surface area contributed by atoms with Crippen LogP contribution < -0.4 is 64.2 Å². The summed E-state index contributed by atoms with van der Waals surface area (Å²) in [7, 11) is 0. The SMILES string of the molecule is CCCCCCCCCCCCC[C@@H]1CC(=O)N[C@H]([C@@H](C)O)C(=O)N[C@H](C)C(=O)N[C@@H](Cc2ccc(O)cc2)C(=O)N[C@@H](C(C)C)C(=O)N2C[C@H](O)C[C@H]2C(=O)N[C@H]([C@@H](C)O)C(=O)N[C@@H]([C@@H](C)O)C(=O)N2CC[C@H](O)[C@H]2C(=O)N[C@@H]([C@H](O)CC(N)=O)C(=O)NCC(=O)N[C@H]([C@@H](C)O)C(=O)N[C@@H](CCCNC(C)=O)C(=O)O1. The van der Waals surface area contributed by atoms with Crippen LogP contribution in [-0.2, 0) is 83.1 Å². The molecular weight excluding hydrogens is 1460 g/mol. The van der Waals surface area contributed by atoms with Crippen LogP contribution in [0.2, 0.25) is 0 Å². The van der Waals surface area contributed by atoms with Crippen LogP contribution in [0.4, 0.5) is 0 Å². The van der Waals surface area contributed by atoms with Gasteiger partial charge in [-0.05, 0) is 90.3 Å². The van der Waals surface area contributed by atoms with Crippen LogP contribution in [0.3, 0.4) is 0 Å². The van der Waals surface area contributed by atoms with Crippen molar-refractivity contribution >= 4 is 88.7 Å². The van der Waals surface area contributed by atoms with Crippen LogP contribution in [0.15, 0.2) is 24.3 Å². The minimum Gasteiger partial charge on any atom is -0.508 e. The Morgan fingerprint density at radius 1 is 0.559 bits per heavy atom. The molecule has 4 rings (SSSR count). The van der Waals surface area contributed by atoms with E-state index in [1.54, 1.807) is 0 Å². The van der Waals surface area contributed by atoms with Crippen LogP contribution in [-0.4, -0.2) is 281 Å². The first-order chi connectivity index (χ1) is 52.3. The summed E-state index contributed by atoms with van der Waals surface area (Å²) in [6.45, 7) is 9.80. The number of nitrogens with zero attached hydrogens (tertiary/aromatic N) is 2. The van der Waals surface area contributed by atoms with E-state index in [0.717, 1.165) is 90.4 Å². The molecule has 21 N–H and O–H groups in total. The average Bonchev–Trinajstić information content (AvgIpc) is 1.70. The number of primary amides is 1. The van der Waals surface area contributed by atoms with E-state index in [9.17, 15) is 113 Å². The lowest BCUT2D eigenvalue weighted by Gasteiger charge is -2.34. The van der Waals surface area contributed by atoms with Gasteiger partial charge in [0.05, 0.1) is 62.1 Å². The first-order valence-corrected chi connectivity index (χ1v) is 38.1. The maximum absolute atomic E-state index is 14.8. The number of unbranched alkanes of at least 4 members (excludes halogenated alkanes) is 10. The number of phenolic OH excluding ortho intramolecular Hbond substituents is 1. The van der Waals surface area contributed by atoms with E-state index >= 15 is 0 Å². The molecule has 3 fully saturated rings. The minimum atomic E-state index is -2.24. The van der Waals surface area contributed by atoms with Gasteiger partial charge in [-0.2, -0.15) is 0 Å². The van der Waals surface area contributed by atoms with Gasteiger partial charge in [0.2, 0.25) is 82.7 Å². The molecule has 19 atom stereocenters. The van der Waals surface area contributed by atoms with Gasteiger partial charge >= 0.3 is 5.97 Å². The molecule has 0 saturated carbocycles. The predicted octanol–water partition coefficient (Wildman–Crippen LogP) is -5.29. The van der Waals surface area contributed by atoms with Gasteiger partial charge in [0.1, 0.15) is 78.3 Å². The number of hydrogen-bond acceptors (Lipinski definition) is 24. The van der Waals surface area contributed by atoms with Crippen molar-refractivity contribution in [1.29, 1.82) is 0 Å². The summed E-state index contributed by atoms with van der Waals surface area (Å²) >= 11 is 0. The number of cyclic esters (lactones) is 1. The maximum atomic E-state index is 14.8. The number of aliphatic hydroxyl groups excluding tert-OH is 7. The summed E-state index contributed by atoms with van der Waals surface area (Å²) in [6.07, 6.45) is -6.56. The predicted molar refractivity (Wildman–Crippen MR) is 395 cm³/mol. The normalized spacial score (nSPS) is 27.6. The van der Waals surface area contributed by atoms with Crippen LogP contribution in [0.5, 0.6) is 5.75 Å². The number of hydrogen-bond donors (Lipinski definition) is 20. The summed E-state index contributed by atoms with van der Waals surface area (Å²) in [6, 6.07) is -14.6. The summed E-state index contributed by atoms with van der Waals surface area (Å²) in [5.74, 6) is -17.8. The number of rotatable bonds is 26. The lowest BCUT2D eigenvalue weighted by atomic mass is 9.99.